The van der Waals surface area contributed by atoms with Crippen LogP contribution in [-0.4, -0.2) is 0 Å². The zero-order valence-corrected chi connectivity index (χ0v) is 10.6. The van der Waals surface area contributed by atoms with Gasteiger partial charge in [-0.05, 0) is 29.2 Å². The highest BCUT2D eigenvalue weighted by molar-refractivity contribution is 9.10. The highest BCUT2D eigenvalue weighted by Crippen LogP contribution is 2.25. The highest BCUT2D eigenvalue weighted by Gasteiger charge is 2.03. The molecule has 0 aromatic heterocycles. The summed E-state index contributed by atoms with van der Waals surface area (Å²) in [5.41, 5.74) is 3.62. The Morgan fingerprint density at radius 1 is 0.938 bits per heavy atom. The van der Waals surface area contributed by atoms with Crippen LogP contribution in [0.15, 0.2) is 65.6 Å². The van der Waals surface area contributed by atoms with E-state index in [1.807, 2.05) is 24.3 Å². The molecule has 2 rings (SSSR count). The molecule has 0 heterocycles. The van der Waals surface area contributed by atoms with Gasteiger partial charge in [0.05, 0.1) is 0 Å². The van der Waals surface area contributed by atoms with Crippen LogP contribution in [0.25, 0.3) is 5.57 Å². The fourth-order valence-electron chi connectivity index (χ4n) is 1.69. The molecule has 16 heavy (non-hydrogen) atoms. The van der Waals surface area contributed by atoms with Crippen molar-refractivity contribution in [3.05, 3.63) is 76.8 Å². The second-order valence-corrected chi connectivity index (χ2v) is 4.60. The van der Waals surface area contributed by atoms with Gasteiger partial charge in [-0.15, -0.1) is 0 Å². The minimum atomic E-state index is 0.892. The van der Waals surface area contributed by atoms with Gasteiger partial charge in [-0.1, -0.05) is 71.0 Å². The van der Waals surface area contributed by atoms with Crippen LogP contribution in [0.5, 0.6) is 0 Å². The lowest BCUT2D eigenvalue weighted by Gasteiger charge is -2.08. The molecule has 0 saturated heterocycles. The van der Waals surface area contributed by atoms with Crippen molar-refractivity contribution in [3.8, 4) is 0 Å². The van der Waals surface area contributed by atoms with E-state index in [0.29, 0.717) is 0 Å². The Hall–Kier alpha value is -1.34. The van der Waals surface area contributed by atoms with Gasteiger partial charge < -0.3 is 0 Å². The molecule has 0 fully saturated rings. The molecule has 0 aliphatic carbocycles. The first kappa shape index (κ1) is 11.2. The standard InChI is InChI=1S/C15H13Br/c1-12(11-13-7-3-2-4-8-13)14-9-5-6-10-15(14)16/h2-10H,1,11H2. The van der Waals surface area contributed by atoms with Crippen LogP contribution in [-0.2, 0) is 6.42 Å². The Morgan fingerprint density at radius 3 is 2.25 bits per heavy atom. The van der Waals surface area contributed by atoms with Crippen LogP contribution in [0.4, 0.5) is 0 Å². The summed E-state index contributed by atoms with van der Waals surface area (Å²) in [6.07, 6.45) is 0.892. The maximum absolute atomic E-state index is 4.15. The van der Waals surface area contributed by atoms with Gasteiger partial charge in [0, 0.05) is 4.47 Å². The molecule has 0 N–H and O–H groups in total. The molecule has 0 atom stereocenters. The van der Waals surface area contributed by atoms with Crippen LogP contribution < -0.4 is 0 Å². The van der Waals surface area contributed by atoms with Crippen LogP contribution in [0.1, 0.15) is 11.1 Å². The van der Waals surface area contributed by atoms with Crippen molar-refractivity contribution in [3.63, 3.8) is 0 Å². The monoisotopic (exact) mass is 272 g/mol. The summed E-state index contributed by atoms with van der Waals surface area (Å²) in [4.78, 5) is 0. The first-order valence-electron chi connectivity index (χ1n) is 5.24. The summed E-state index contributed by atoms with van der Waals surface area (Å²) >= 11 is 3.55. The van der Waals surface area contributed by atoms with E-state index in [2.05, 4.69) is 52.8 Å². The number of halogens is 1. The molecule has 0 saturated carbocycles. The maximum atomic E-state index is 4.15. The van der Waals surface area contributed by atoms with Crippen molar-refractivity contribution < 1.29 is 0 Å². The predicted octanol–water partition coefficient (Wildman–Crippen LogP) is 4.71. The van der Waals surface area contributed by atoms with Crippen LogP contribution in [0.2, 0.25) is 0 Å². The Bertz CT molecular complexity index is 486. The van der Waals surface area contributed by atoms with Crippen molar-refractivity contribution in [2.24, 2.45) is 0 Å². The van der Waals surface area contributed by atoms with Crippen molar-refractivity contribution in [2.45, 2.75) is 6.42 Å². The summed E-state index contributed by atoms with van der Waals surface area (Å²) in [6, 6.07) is 18.6. The fraction of sp³-hybridized carbons (Fsp3) is 0.0667. The third kappa shape index (κ3) is 2.61. The van der Waals surface area contributed by atoms with Crippen molar-refractivity contribution in [1.82, 2.24) is 0 Å². The molecule has 0 radical (unpaired) electrons. The average molecular weight is 273 g/mol. The number of hydrogen-bond donors (Lipinski definition) is 0. The predicted molar refractivity (Wildman–Crippen MR) is 73.3 cm³/mol. The lowest BCUT2D eigenvalue weighted by Crippen LogP contribution is -1.90. The second-order valence-electron chi connectivity index (χ2n) is 3.75. The molecule has 0 unspecified atom stereocenters. The third-order valence-electron chi connectivity index (χ3n) is 2.52. The number of allylic oxidation sites excluding steroid dienone is 1. The number of rotatable bonds is 3. The molecule has 0 aliphatic heterocycles. The van der Waals surface area contributed by atoms with Gasteiger partial charge in [-0.2, -0.15) is 0 Å². The summed E-state index contributed by atoms with van der Waals surface area (Å²) in [6.45, 7) is 4.15. The van der Waals surface area contributed by atoms with Gasteiger partial charge in [0.1, 0.15) is 0 Å². The molecule has 1 heteroatoms. The molecule has 80 valence electrons. The van der Waals surface area contributed by atoms with E-state index < -0.39 is 0 Å². The van der Waals surface area contributed by atoms with Gasteiger partial charge in [0.25, 0.3) is 0 Å². The number of benzene rings is 2. The van der Waals surface area contributed by atoms with E-state index in [0.717, 1.165) is 16.5 Å². The fourth-order valence-corrected chi connectivity index (χ4v) is 2.25. The van der Waals surface area contributed by atoms with E-state index in [-0.39, 0.29) is 0 Å². The minimum Gasteiger partial charge on any atom is -0.0949 e. The first-order chi connectivity index (χ1) is 7.77. The molecular formula is C15H13Br. The molecule has 0 bridgehead atoms. The Labute approximate surface area is 105 Å². The molecule has 0 nitrogen and oxygen atoms in total. The Balaban J connectivity index is 2.19. The van der Waals surface area contributed by atoms with E-state index in [1.54, 1.807) is 0 Å². The van der Waals surface area contributed by atoms with E-state index in [4.69, 9.17) is 0 Å². The van der Waals surface area contributed by atoms with E-state index >= 15 is 0 Å². The largest absolute Gasteiger partial charge is 0.0949 e. The van der Waals surface area contributed by atoms with Crippen LogP contribution in [0.3, 0.4) is 0 Å². The number of hydrogen-bond acceptors (Lipinski definition) is 0. The lowest BCUT2D eigenvalue weighted by atomic mass is 10.00. The van der Waals surface area contributed by atoms with Gasteiger partial charge in [-0.3, -0.25) is 0 Å². The quantitative estimate of drug-likeness (QED) is 0.760. The van der Waals surface area contributed by atoms with E-state index in [1.165, 1.54) is 11.1 Å². The van der Waals surface area contributed by atoms with Crippen LogP contribution in [0, 0.1) is 0 Å². The smallest absolute Gasteiger partial charge is 0.0250 e. The molecule has 0 aliphatic rings. The van der Waals surface area contributed by atoms with Crippen molar-refractivity contribution in [1.29, 1.82) is 0 Å². The zero-order chi connectivity index (χ0) is 11.4. The summed E-state index contributed by atoms with van der Waals surface area (Å²) in [5, 5.41) is 0. The third-order valence-corrected chi connectivity index (χ3v) is 3.21. The Morgan fingerprint density at radius 2 is 1.56 bits per heavy atom. The lowest BCUT2D eigenvalue weighted by molar-refractivity contribution is 1.28. The van der Waals surface area contributed by atoms with Crippen LogP contribution >= 0.6 is 15.9 Å². The minimum absolute atomic E-state index is 0.892. The topological polar surface area (TPSA) is 0 Å². The average Bonchev–Trinajstić information content (AvgIpc) is 2.31. The van der Waals surface area contributed by atoms with Gasteiger partial charge >= 0.3 is 0 Å². The molecule has 0 spiro atoms. The van der Waals surface area contributed by atoms with Gasteiger partial charge in [-0.25, -0.2) is 0 Å². The molecular weight excluding hydrogens is 260 g/mol. The summed E-state index contributed by atoms with van der Waals surface area (Å²) < 4.78 is 1.11. The highest BCUT2D eigenvalue weighted by atomic mass is 79.9. The van der Waals surface area contributed by atoms with Crippen molar-refractivity contribution in [2.75, 3.05) is 0 Å². The van der Waals surface area contributed by atoms with E-state index in [9.17, 15) is 0 Å². The zero-order valence-electron chi connectivity index (χ0n) is 8.99. The Kier molecular flexibility index (Phi) is 3.58. The van der Waals surface area contributed by atoms with Gasteiger partial charge in [0.15, 0.2) is 0 Å². The maximum Gasteiger partial charge on any atom is 0.0250 e. The molecule has 2 aromatic carbocycles. The summed E-state index contributed by atoms with van der Waals surface area (Å²) in [5.74, 6) is 0. The molecule has 0 amide bonds. The summed E-state index contributed by atoms with van der Waals surface area (Å²) in [7, 11) is 0. The SMILES string of the molecule is C=C(Cc1ccccc1)c1ccccc1Br. The first-order valence-corrected chi connectivity index (χ1v) is 6.03. The second kappa shape index (κ2) is 5.13. The molecule has 2 aromatic rings. The van der Waals surface area contributed by atoms with Gasteiger partial charge in [0.2, 0.25) is 0 Å². The normalized spacial score (nSPS) is 10.1. The van der Waals surface area contributed by atoms with Crippen molar-refractivity contribution >= 4 is 21.5 Å².